The largest absolute Gasteiger partial charge is 0.460 e. The van der Waals surface area contributed by atoms with Gasteiger partial charge in [0.1, 0.15) is 16.8 Å². The zero-order chi connectivity index (χ0) is 24.4. The van der Waals surface area contributed by atoms with E-state index in [-0.39, 0.29) is 23.8 Å². The van der Waals surface area contributed by atoms with Gasteiger partial charge in [0.05, 0.1) is 16.2 Å². The Morgan fingerprint density at radius 3 is 1.56 bits per heavy atom. The molecule has 32 heavy (non-hydrogen) atoms. The SMILES string of the molecule is CCC(C)(C)C(=O)OC12CC3CC(C(=O)OC(C)(C)C)(C1)CC(C(=O)OC(C)(C)C)(C3)C2. The van der Waals surface area contributed by atoms with Crippen molar-refractivity contribution in [2.75, 3.05) is 0 Å². The van der Waals surface area contributed by atoms with E-state index in [4.69, 9.17) is 14.2 Å². The minimum absolute atomic E-state index is 0.115. The molecule has 0 amide bonds. The Bertz CT molecular complexity index is 752. The molecule has 182 valence electrons. The fourth-order valence-corrected chi connectivity index (χ4v) is 6.17. The van der Waals surface area contributed by atoms with Crippen molar-refractivity contribution < 1.29 is 28.6 Å². The standard InChI is InChI=1S/C26H42O6/c1-10-23(8,9)18(27)32-26-13-17-11-24(15-26,19(28)30-21(2,3)4)14-25(12-17,16-26)20(29)31-22(5,6)7/h17H,10-16H2,1-9H3. The van der Waals surface area contributed by atoms with Crippen LogP contribution in [0.2, 0.25) is 0 Å². The number of hydrogen-bond donors (Lipinski definition) is 0. The number of ether oxygens (including phenoxy) is 3. The molecular formula is C26H42O6. The van der Waals surface area contributed by atoms with Crippen molar-refractivity contribution >= 4 is 17.9 Å². The average Bonchev–Trinajstić information content (AvgIpc) is 2.57. The zero-order valence-electron chi connectivity index (χ0n) is 21.5. The third kappa shape index (κ3) is 4.70. The highest BCUT2D eigenvalue weighted by Crippen LogP contribution is 2.68. The van der Waals surface area contributed by atoms with Crippen LogP contribution in [-0.4, -0.2) is 34.7 Å². The maximum atomic E-state index is 13.5. The van der Waals surface area contributed by atoms with Gasteiger partial charge in [-0.05, 0) is 93.4 Å². The van der Waals surface area contributed by atoms with E-state index in [1.54, 1.807) is 0 Å². The molecule has 0 aromatic rings. The highest BCUT2D eigenvalue weighted by Gasteiger charge is 2.71. The summed E-state index contributed by atoms with van der Waals surface area (Å²) in [6, 6.07) is 0. The minimum Gasteiger partial charge on any atom is -0.460 e. The molecule has 0 aromatic carbocycles. The summed E-state index contributed by atoms with van der Waals surface area (Å²) in [6.45, 7) is 16.9. The summed E-state index contributed by atoms with van der Waals surface area (Å²) in [5.41, 5.74) is -4.39. The van der Waals surface area contributed by atoms with Gasteiger partial charge in [0.25, 0.3) is 0 Å². The van der Waals surface area contributed by atoms with Gasteiger partial charge < -0.3 is 14.2 Å². The molecule has 0 radical (unpaired) electrons. The van der Waals surface area contributed by atoms with Crippen molar-refractivity contribution in [2.24, 2.45) is 22.2 Å². The first kappa shape index (κ1) is 25.0. The third-order valence-electron chi connectivity index (χ3n) is 7.43. The van der Waals surface area contributed by atoms with Crippen molar-refractivity contribution in [3.8, 4) is 0 Å². The van der Waals surface area contributed by atoms with E-state index in [9.17, 15) is 14.4 Å². The lowest BCUT2D eigenvalue weighted by molar-refractivity contribution is -0.244. The maximum absolute atomic E-state index is 13.5. The molecule has 2 atom stereocenters. The first-order chi connectivity index (χ1) is 14.4. The fourth-order valence-electron chi connectivity index (χ4n) is 6.17. The summed E-state index contributed by atoms with van der Waals surface area (Å²) in [7, 11) is 0. The lowest BCUT2D eigenvalue weighted by atomic mass is 9.42. The van der Waals surface area contributed by atoms with E-state index >= 15 is 0 Å². The molecular weight excluding hydrogens is 408 g/mol. The smallest absolute Gasteiger partial charge is 0.312 e. The van der Waals surface area contributed by atoms with Crippen molar-refractivity contribution in [2.45, 2.75) is 124 Å². The van der Waals surface area contributed by atoms with Crippen molar-refractivity contribution in [1.82, 2.24) is 0 Å². The number of carbonyl (C=O) groups is 3. The van der Waals surface area contributed by atoms with Gasteiger partial charge in [-0.2, -0.15) is 0 Å². The fraction of sp³-hybridized carbons (Fsp3) is 0.885. The van der Waals surface area contributed by atoms with Gasteiger partial charge >= 0.3 is 17.9 Å². The first-order valence-electron chi connectivity index (χ1n) is 12.1. The van der Waals surface area contributed by atoms with E-state index in [1.165, 1.54) is 0 Å². The molecule has 4 aliphatic rings. The van der Waals surface area contributed by atoms with Crippen LogP contribution in [0.5, 0.6) is 0 Å². The highest BCUT2D eigenvalue weighted by molar-refractivity contribution is 5.84. The van der Waals surface area contributed by atoms with Crippen LogP contribution in [0.3, 0.4) is 0 Å². The molecule has 4 rings (SSSR count). The molecule has 4 aliphatic carbocycles. The Balaban J connectivity index is 2.02. The number of rotatable bonds is 5. The first-order valence-corrected chi connectivity index (χ1v) is 12.1. The van der Waals surface area contributed by atoms with Crippen LogP contribution in [0, 0.1) is 22.2 Å². The Labute approximate surface area is 193 Å². The van der Waals surface area contributed by atoms with Crippen LogP contribution in [-0.2, 0) is 28.6 Å². The molecule has 0 aromatic heterocycles. The maximum Gasteiger partial charge on any atom is 0.312 e. The predicted octanol–water partition coefficient (Wildman–Crippen LogP) is 5.36. The molecule has 0 aliphatic heterocycles. The molecule has 0 spiro atoms. The monoisotopic (exact) mass is 450 g/mol. The normalized spacial score (nSPS) is 34.2. The van der Waals surface area contributed by atoms with Gasteiger partial charge in [-0.3, -0.25) is 14.4 Å². The van der Waals surface area contributed by atoms with Crippen LogP contribution >= 0.6 is 0 Å². The van der Waals surface area contributed by atoms with Gasteiger partial charge in [-0.15, -0.1) is 0 Å². The summed E-state index contributed by atoms with van der Waals surface area (Å²) in [5, 5.41) is 0. The lowest BCUT2D eigenvalue weighted by Gasteiger charge is -2.63. The van der Waals surface area contributed by atoms with Crippen LogP contribution < -0.4 is 0 Å². The van der Waals surface area contributed by atoms with Crippen LogP contribution in [0.4, 0.5) is 0 Å². The predicted molar refractivity (Wildman–Crippen MR) is 121 cm³/mol. The molecule has 4 saturated carbocycles. The Hall–Kier alpha value is -1.59. The topological polar surface area (TPSA) is 78.9 Å². The van der Waals surface area contributed by atoms with Gasteiger partial charge in [-0.1, -0.05) is 6.92 Å². The Morgan fingerprint density at radius 1 is 0.750 bits per heavy atom. The molecule has 0 N–H and O–H groups in total. The Morgan fingerprint density at radius 2 is 1.19 bits per heavy atom. The van der Waals surface area contributed by atoms with Crippen LogP contribution in [0.1, 0.15) is 107 Å². The molecule has 2 unspecified atom stereocenters. The second-order valence-electron chi connectivity index (χ2n) is 13.4. The second kappa shape index (κ2) is 7.46. The van der Waals surface area contributed by atoms with Crippen molar-refractivity contribution in [1.29, 1.82) is 0 Å². The van der Waals surface area contributed by atoms with Crippen LogP contribution in [0.25, 0.3) is 0 Å². The molecule has 4 bridgehead atoms. The second-order valence-corrected chi connectivity index (χ2v) is 13.4. The third-order valence-corrected chi connectivity index (χ3v) is 7.43. The van der Waals surface area contributed by atoms with Crippen molar-refractivity contribution in [3.63, 3.8) is 0 Å². The lowest BCUT2D eigenvalue weighted by Crippen LogP contribution is -2.66. The summed E-state index contributed by atoms with van der Waals surface area (Å²) >= 11 is 0. The minimum atomic E-state index is -0.837. The molecule has 0 heterocycles. The molecule has 4 fully saturated rings. The van der Waals surface area contributed by atoms with Gasteiger partial charge in [0, 0.05) is 12.8 Å². The summed E-state index contributed by atoms with van der Waals surface area (Å²) in [4.78, 5) is 40.2. The summed E-state index contributed by atoms with van der Waals surface area (Å²) in [6.07, 6.45) is 3.92. The average molecular weight is 451 g/mol. The molecule has 6 nitrogen and oxygen atoms in total. The van der Waals surface area contributed by atoms with E-state index in [2.05, 4.69) is 0 Å². The molecule has 0 saturated heterocycles. The van der Waals surface area contributed by atoms with Crippen molar-refractivity contribution in [3.05, 3.63) is 0 Å². The van der Waals surface area contributed by atoms with Gasteiger partial charge in [0.15, 0.2) is 0 Å². The van der Waals surface area contributed by atoms with E-state index in [0.29, 0.717) is 44.9 Å². The van der Waals surface area contributed by atoms with E-state index < -0.39 is 33.0 Å². The number of carbonyl (C=O) groups excluding carboxylic acids is 3. The quantitative estimate of drug-likeness (QED) is 0.414. The summed E-state index contributed by atoms with van der Waals surface area (Å²) < 4.78 is 18.0. The van der Waals surface area contributed by atoms with E-state index in [0.717, 1.165) is 0 Å². The van der Waals surface area contributed by atoms with Crippen LogP contribution in [0.15, 0.2) is 0 Å². The van der Waals surface area contributed by atoms with Gasteiger partial charge in [0.2, 0.25) is 0 Å². The highest BCUT2D eigenvalue weighted by atomic mass is 16.6. The van der Waals surface area contributed by atoms with Gasteiger partial charge in [-0.25, -0.2) is 0 Å². The number of esters is 3. The van der Waals surface area contributed by atoms with E-state index in [1.807, 2.05) is 62.3 Å². The molecule has 6 heteroatoms. The Kier molecular flexibility index (Phi) is 5.84. The summed E-state index contributed by atoms with van der Waals surface area (Å²) in [5.74, 6) is -0.709. The number of hydrogen-bond acceptors (Lipinski definition) is 6. The zero-order valence-corrected chi connectivity index (χ0v) is 21.5.